The smallest absolute Gasteiger partial charge is 0.261 e. The first kappa shape index (κ1) is 20.8. The summed E-state index contributed by atoms with van der Waals surface area (Å²) in [6, 6.07) is 20.9. The van der Waals surface area contributed by atoms with Crippen LogP contribution in [0.5, 0.6) is 0 Å². The Morgan fingerprint density at radius 2 is 1.81 bits per heavy atom. The van der Waals surface area contributed by atoms with Gasteiger partial charge in [-0.15, -0.1) is 11.3 Å². The number of hydrogen-bond acceptors (Lipinski definition) is 4. The van der Waals surface area contributed by atoms with Gasteiger partial charge in [0.2, 0.25) is 5.91 Å². The van der Waals surface area contributed by atoms with Crippen LogP contribution >= 0.6 is 11.3 Å². The number of imidazole rings is 1. The number of hydrogen-bond donors (Lipinski definition) is 1. The van der Waals surface area contributed by atoms with Crippen molar-refractivity contribution in [3.05, 3.63) is 88.4 Å². The van der Waals surface area contributed by atoms with Crippen LogP contribution in [-0.4, -0.2) is 33.3 Å². The van der Waals surface area contributed by atoms with E-state index >= 15 is 0 Å². The molecule has 4 rings (SSSR count). The van der Waals surface area contributed by atoms with Crippen molar-refractivity contribution < 1.29 is 9.59 Å². The van der Waals surface area contributed by atoms with Gasteiger partial charge in [-0.1, -0.05) is 48.5 Å². The molecule has 1 atom stereocenters. The van der Waals surface area contributed by atoms with Crippen molar-refractivity contribution in [3.8, 4) is 0 Å². The number of carbonyl (C=O) groups is 2. The second-order valence-corrected chi connectivity index (χ2v) is 8.40. The number of thiophene rings is 1. The van der Waals surface area contributed by atoms with E-state index in [1.54, 1.807) is 18.0 Å². The highest BCUT2D eigenvalue weighted by Gasteiger charge is 2.22. The van der Waals surface area contributed by atoms with E-state index in [9.17, 15) is 9.59 Å². The van der Waals surface area contributed by atoms with Crippen LogP contribution in [0.3, 0.4) is 0 Å². The van der Waals surface area contributed by atoms with Gasteiger partial charge in [0.05, 0.1) is 22.0 Å². The summed E-state index contributed by atoms with van der Waals surface area (Å²) in [7, 11) is 1.80. The van der Waals surface area contributed by atoms with Crippen LogP contribution in [0, 0.1) is 0 Å². The molecule has 0 radical (unpaired) electrons. The molecule has 0 saturated carbocycles. The SMILES string of the molecule is CC(NC(=O)c1cccs1)c1nc2ccccc2n1CC(=O)N(C)Cc1ccccc1. The first-order valence-corrected chi connectivity index (χ1v) is 11.0. The van der Waals surface area contributed by atoms with Crippen molar-refractivity contribution >= 4 is 34.2 Å². The van der Waals surface area contributed by atoms with Crippen molar-refractivity contribution in [2.75, 3.05) is 7.05 Å². The number of amides is 2. The highest BCUT2D eigenvalue weighted by atomic mass is 32.1. The summed E-state index contributed by atoms with van der Waals surface area (Å²) >= 11 is 1.39. The summed E-state index contributed by atoms with van der Waals surface area (Å²) < 4.78 is 1.90. The molecule has 2 aromatic carbocycles. The van der Waals surface area contributed by atoms with E-state index in [-0.39, 0.29) is 24.4 Å². The average molecular weight is 433 g/mol. The van der Waals surface area contributed by atoms with E-state index in [1.165, 1.54) is 11.3 Å². The predicted octanol–water partition coefficient (Wildman–Crippen LogP) is 4.25. The maximum atomic E-state index is 13.0. The van der Waals surface area contributed by atoms with E-state index < -0.39 is 0 Å². The monoisotopic (exact) mass is 432 g/mol. The zero-order valence-corrected chi connectivity index (χ0v) is 18.3. The van der Waals surface area contributed by atoms with Crippen LogP contribution in [0.4, 0.5) is 0 Å². The molecular formula is C24H24N4O2S. The molecule has 1 unspecified atom stereocenters. The topological polar surface area (TPSA) is 67.2 Å². The summed E-state index contributed by atoms with van der Waals surface area (Å²) in [6.07, 6.45) is 0. The van der Waals surface area contributed by atoms with Crippen LogP contribution in [-0.2, 0) is 17.9 Å². The normalized spacial score (nSPS) is 11.9. The Kier molecular flexibility index (Phi) is 6.13. The summed E-state index contributed by atoms with van der Waals surface area (Å²) in [5.74, 6) is 0.492. The van der Waals surface area contributed by atoms with Crippen LogP contribution in [0.1, 0.15) is 34.0 Å². The zero-order valence-electron chi connectivity index (χ0n) is 17.5. The van der Waals surface area contributed by atoms with Crippen molar-refractivity contribution in [1.82, 2.24) is 19.8 Å². The van der Waals surface area contributed by atoms with Gasteiger partial charge in [0.1, 0.15) is 12.4 Å². The molecule has 0 aliphatic carbocycles. The second-order valence-electron chi connectivity index (χ2n) is 7.45. The first-order chi connectivity index (χ1) is 15.0. The van der Waals surface area contributed by atoms with Gasteiger partial charge < -0.3 is 14.8 Å². The second kappa shape index (κ2) is 9.14. The van der Waals surface area contributed by atoms with Crippen LogP contribution < -0.4 is 5.32 Å². The molecule has 0 bridgehead atoms. The fraction of sp³-hybridized carbons (Fsp3) is 0.208. The van der Waals surface area contributed by atoms with Gasteiger partial charge in [0, 0.05) is 13.6 Å². The lowest BCUT2D eigenvalue weighted by Crippen LogP contribution is -2.32. The lowest BCUT2D eigenvalue weighted by molar-refractivity contribution is -0.131. The highest BCUT2D eigenvalue weighted by Crippen LogP contribution is 2.22. The molecule has 0 fully saturated rings. The van der Waals surface area contributed by atoms with Crippen LogP contribution in [0.25, 0.3) is 11.0 Å². The maximum absolute atomic E-state index is 13.0. The average Bonchev–Trinajstić information content (AvgIpc) is 3.43. The number of rotatable bonds is 7. The third-order valence-corrected chi connectivity index (χ3v) is 6.01. The number of fused-ring (bicyclic) bond motifs is 1. The standard InChI is InChI=1S/C24H24N4O2S/c1-17(25-24(30)21-13-8-14-31-21)23-26-19-11-6-7-12-20(19)28(23)16-22(29)27(2)15-18-9-4-3-5-10-18/h3-14,17H,15-16H2,1-2H3,(H,25,30). The third-order valence-electron chi connectivity index (χ3n) is 5.15. The van der Waals surface area contributed by atoms with Gasteiger partial charge in [-0.3, -0.25) is 9.59 Å². The number of benzene rings is 2. The molecule has 0 aliphatic rings. The molecule has 2 aromatic heterocycles. The fourth-order valence-corrected chi connectivity index (χ4v) is 4.16. The Balaban J connectivity index is 1.57. The minimum absolute atomic E-state index is 0.0231. The molecule has 0 saturated heterocycles. The van der Waals surface area contributed by atoms with E-state index in [1.807, 2.05) is 77.5 Å². The summed E-state index contributed by atoms with van der Waals surface area (Å²) in [6.45, 7) is 2.58. The number of para-hydroxylation sites is 2. The lowest BCUT2D eigenvalue weighted by atomic mass is 10.2. The Morgan fingerprint density at radius 1 is 1.06 bits per heavy atom. The maximum Gasteiger partial charge on any atom is 0.261 e. The lowest BCUT2D eigenvalue weighted by Gasteiger charge is -2.20. The molecule has 2 amide bonds. The minimum atomic E-state index is -0.353. The molecule has 0 aliphatic heterocycles. The van der Waals surface area contributed by atoms with Gasteiger partial charge in [-0.05, 0) is 36.1 Å². The van der Waals surface area contributed by atoms with Crippen LogP contribution in [0.15, 0.2) is 72.1 Å². The molecule has 2 heterocycles. The molecule has 31 heavy (non-hydrogen) atoms. The Bertz CT molecular complexity index is 1190. The van der Waals surface area contributed by atoms with Crippen molar-refractivity contribution in [3.63, 3.8) is 0 Å². The number of carbonyl (C=O) groups excluding carboxylic acids is 2. The minimum Gasteiger partial charge on any atom is -0.342 e. The van der Waals surface area contributed by atoms with Gasteiger partial charge in [0.25, 0.3) is 5.91 Å². The van der Waals surface area contributed by atoms with Gasteiger partial charge >= 0.3 is 0 Å². The van der Waals surface area contributed by atoms with Crippen molar-refractivity contribution in [2.24, 2.45) is 0 Å². The zero-order chi connectivity index (χ0) is 21.8. The predicted molar refractivity (Wildman–Crippen MR) is 123 cm³/mol. The molecule has 4 aromatic rings. The van der Waals surface area contributed by atoms with E-state index in [0.29, 0.717) is 17.2 Å². The van der Waals surface area contributed by atoms with Gasteiger partial charge in [-0.2, -0.15) is 0 Å². The van der Waals surface area contributed by atoms with E-state index in [2.05, 4.69) is 5.32 Å². The highest BCUT2D eigenvalue weighted by molar-refractivity contribution is 7.12. The number of likely N-dealkylation sites (N-methyl/N-ethyl adjacent to an activating group) is 1. The molecule has 7 heteroatoms. The van der Waals surface area contributed by atoms with Crippen molar-refractivity contribution in [2.45, 2.75) is 26.1 Å². The van der Waals surface area contributed by atoms with Gasteiger partial charge in [-0.25, -0.2) is 4.98 Å². The molecule has 1 N–H and O–H groups in total. The van der Waals surface area contributed by atoms with Crippen molar-refractivity contribution in [1.29, 1.82) is 0 Å². The molecule has 6 nitrogen and oxygen atoms in total. The summed E-state index contributed by atoms with van der Waals surface area (Å²) in [4.78, 5) is 32.7. The number of nitrogens with one attached hydrogen (secondary N) is 1. The number of nitrogens with zero attached hydrogens (tertiary/aromatic N) is 3. The molecule has 0 spiro atoms. The largest absolute Gasteiger partial charge is 0.342 e. The van der Waals surface area contributed by atoms with Gasteiger partial charge in [0.15, 0.2) is 0 Å². The first-order valence-electron chi connectivity index (χ1n) is 10.1. The Labute approximate surface area is 185 Å². The van der Waals surface area contributed by atoms with E-state index in [0.717, 1.165) is 16.6 Å². The Hall–Kier alpha value is -3.45. The molecular weight excluding hydrogens is 408 g/mol. The third kappa shape index (κ3) is 4.67. The van der Waals surface area contributed by atoms with E-state index in [4.69, 9.17) is 4.98 Å². The molecule has 158 valence electrons. The Morgan fingerprint density at radius 3 is 2.55 bits per heavy atom. The summed E-state index contributed by atoms with van der Waals surface area (Å²) in [5.41, 5.74) is 2.75. The fourth-order valence-electron chi connectivity index (χ4n) is 3.53. The quantitative estimate of drug-likeness (QED) is 0.475. The number of aromatic nitrogens is 2. The van der Waals surface area contributed by atoms with Crippen LogP contribution in [0.2, 0.25) is 0 Å². The summed E-state index contributed by atoms with van der Waals surface area (Å²) in [5, 5.41) is 4.88.